The molecule has 2 rings (SSSR count). The molecule has 0 spiro atoms. The number of primary amides is 1. The van der Waals surface area contributed by atoms with Gasteiger partial charge in [-0.15, -0.1) is 0 Å². The topological polar surface area (TPSA) is 114 Å². The van der Waals surface area contributed by atoms with E-state index in [2.05, 4.69) is 0 Å². The van der Waals surface area contributed by atoms with Gasteiger partial charge in [0.15, 0.2) is 0 Å². The number of nitrogens with zero attached hydrogens (tertiary/aromatic N) is 2. The van der Waals surface area contributed by atoms with Gasteiger partial charge in [0.1, 0.15) is 5.58 Å². The second kappa shape index (κ2) is 5.58. The molecule has 0 bridgehead atoms. The van der Waals surface area contributed by atoms with Crippen molar-refractivity contribution in [3.8, 4) is 0 Å². The summed E-state index contributed by atoms with van der Waals surface area (Å²) in [4.78, 5) is 25.1. The molecule has 0 aliphatic carbocycles. The van der Waals surface area contributed by atoms with Gasteiger partial charge in [0, 0.05) is 32.6 Å². The maximum atomic E-state index is 12.1. The molecule has 1 aromatic carbocycles. The minimum Gasteiger partial charge on any atom is -0.450 e. The minimum absolute atomic E-state index is 0.0211. The fourth-order valence-electron chi connectivity index (χ4n) is 2.07. The van der Waals surface area contributed by atoms with Crippen LogP contribution in [0.5, 0.6) is 0 Å². The molecule has 8 nitrogen and oxygen atoms in total. The van der Waals surface area contributed by atoms with Crippen molar-refractivity contribution in [1.29, 1.82) is 0 Å². The summed E-state index contributed by atoms with van der Waals surface area (Å²) in [6.07, 6.45) is 1.06. The largest absolute Gasteiger partial charge is 0.450 e. The van der Waals surface area contributed by atoms with E-state index in [0.717, 1.165) is 10.6 Å². The molecule has 0 unspecified atom stereocenters. The Bertz CT molecular complexity index is 899. The highest BCUT2D eigenvalue weighted by Gasteiger charge is 2.26. The van der Waals surface area contributed by atoms with E-state index in [4.69, 9.17) is 10.2 Å². The maximum Gasteiger partial charge on any atom is 0.289 e. The SMILES string of the molecule is CN(C)C(=O)c1oc2cc(N(C)S(C)(=O)=O)ccc2c1C(N)=O. The molecule has 2 N–H and O–H groups in total. The fraction of sp³-hybridized carbons (Fsp3) is 0.286. The number of hydrogen-bond donors (Lipinski definition) is 1. The Morgan fingerprint density at radius 2 is 1.78 bits per heavy atom. The van der Waals surface area contributed by atoms with E-state index in [-0.39, 0.29) is 16.9 Å². The van der Waals surface area contributed by atoms with Crippen molar-refractivity contribution in [2.75, 3.05) is 31.7 Å². The lowest BCUT2D eigenvalue weighted by molar-refractivity contribution is 0.0791. The highest BCUT2D eigenvalue weighted by Crippen LogP contribution is 2.30. The smallest absolute Gasteiger partial charge is 0.289 e. The number of nitrogens with two attached hydrogens (primary N) is 1. The average molecular weight is 339 g/mol. The number of carbonyl (C=O) groups excluding carboxylic acids is 2. The van der Waals surface area contributed by atoms with E-state index in [0.29, 0.717) is 11.1 Å². The molecular formula is C14H17N3O5S. The molecule has 0 saturated carbocycles. The van der Waals surface area contributed by atoms with Crippen LogP contribution in [0.1, 0.15) is 20.9 Å². The predicted octanol–water partition coefficient (Wildman–Crippen LogP) is 0.629. The highest BCUT2D eigenvalue weighted by molar-refractivity contribution is 7.92. The number of carbonyl (C=O) groups is 2. The zero-order valence-corrected chi connectivity index (χ0v) is 14.0. The Labute approximate surface area is 133 Å². The summed E-state index contributed by atoms with van der Waals surface area (Å²) in [5, 5.41) is 0.355. The zero-order valence-electron chi connectivity index (χ0n) is 13.2. The summed E-state index contributed by atoms with van der Waals surface area (Å²) >= 11 is 0. The normalized spacial score (nSPS) is 11.5. The fourth-order valence-corrected chi connectivity index (χ4v) is 2.57. The average Bonchev–Trinajstić information content (AvgIpc) is 2.82. The van der Waals surface area contributed by atoms with Crippen molar-refractivity contribution in [3.05, 3.63) is 29.5 Å². The summed E-state index contributed by atoms with van der Waals surface area (Å²) < 4.78 is 29.7. The van der Waals surface area contributed by atoms with Crippen LogP contribution in [-0.4, -0.2) is 52.5 Å². The molecule has 0 saturated heterocycles. The first-order chi connectivity index (χ1) is 10.5. The van der Waals surface area contributed by atoms with E-state index >= 15 is 0 Å². The third-order valence-electron chi connectivity index (χ3n) is 3.38. The van der Waals surface area contributed by atoms with Crippen LogP contribution in [0.4, 0.5) is 5.69 Å². The monoisotopic (exact) mass is 339 g/mol. The molecule has 0 fully saturated rings. The van der Waals surface area contributed by atoms with Gasteiger partial charge in [-0.25, -0.2) is 8.42 Å². The molecule has 2 aromatic rings. The Morgan fingerprint density at radius 3 is 2.26 bits per heavy atom. The lowest BCUT2D eigenvalue weighted by Crippen LogP contribution is -2.24. The second-order valence-corrected chi connectivity index (χ2v) is 7.29. The molecule has 0 aliphatic heterocycles. The third kappa shape index (κ3) is 3.00. The van der Waals surface area contributed by atoms with Gasteiger partial charge in [-0.3, -0.25) is 13.9 Å². The lowest BCUT2D eigenvalue weighted by atomic mass is 10.1. The number of hydrogen-bond acceptors (Lipinski definition) is 5. The van der Waals surface area contributed by atoms with Crippen molar-refractivity contribution in [1.82, 2.24) is 4.90 Å². The van der Waals surface area contributed by atoms with Crippen molar-refractivity contribution < 1.29 is 22.4 Å². The van der Waals surface area contributed by atoms with E-state index in [1.54, 1.807) is 0 Å². The first-order valence-electron chi connectivity index (χ1n) is 6.56. The summed E-state index contributed by atoms with van der Waals surface area (Å²) in [6.45, 7) is 0. The zero-order chi connectivity index (χ0) is 17.5. The van der Waals surface area contributed by atoms with Gasteiger partial charge in [-0.1, -0.05) is 0 Å². The van der Waals surface area contributed by atoms with Gasteiger partial charge in [0.2, 0.25) is 15.8 Å². The van der Waals surface area contributed by atoms with Crippen LogP contribution in [0.3, 0.4) is 0 Å². The van der Waals surface area contributed by atoms with E-state index < -0.39 is 21.8 Å². The summed E-state index contributed by atoms with van der Waals surface area (Å²) in [5.74, 6) is -1.47. The number of rotatable bonds is 4. The van der Waals surface area contributed by atoms with Crippen molar-refractivity contribution in [2.45, 2.75) is 0 Å². The maximum absolute atomic E-state index is 12.1. The van der Waals surface area contributed by atoms with Gasteiger partial charge in [-0.05, 0) is 12.1 Å². The number of fused-ring (bicyclic) bond motifs is 1. The van der Waals surface area contributed by atoms with E-state index in [1.807, 2.05) is 0 Å². The van der Waals surface area contributed by atoms with Crippen LogP contribution in [0.2, 0.25) is 0 Å². The standard InChI is InChI=1S/C14H17N3O5S/c1-16(2)14(19)12-11(13(15)18)9-6-5-8(7-10(9)22-12)17(3)23(4,20)21/h5-7H,1-4H3,(H2,15,18). The van der Waals surface area contributed by atoms with Gasteiger partial charge in [0.05, 0.1) is 17.5 Å². The number of furan rings is 1. The summed E-state index contributed by atoms with van der Waals surface area (Å²) in [7, 11) is 0.974. The third-order valence-corrected chi connectivity index (χ3v) is 4.59. The minimum atomic E-state index is -3.45. The lowest BCUT2D eigenvalue weighted by Gasteiger charge is -2.16. The Kier molecular flexibility index (Phi) is 4.08. The van der Waals surface area contributed by atoms with Gasteiger partial charge < -0.3 is 15.1 Å². The van der Waals surface area contributed by atoms with Crippen LogP contribution in [0.25, 0.3) is 11.0 Å². The van der Waals surface area contributed by atoms with Crippen LogP contribution >= 0.6 is 0 Å². The van der Waals surface area contributed by atoms with Crippen LogP contribution in [-0.2, 0) is 10.0 Å². The first-order valence-corrected chi connectivity index (χ1v) is 8.40. The predicted molar refractivity (Wildman–Crippen MR) is 86.0 cm³/mol. The van der Waals surface area contributed by atoms with E-state index in [9.17, 15) is 18.0 Å². The van der Waals surface area contributed by atoms with Crippen LogP contribution in [0, 0.1) is 0 Å². The van der Waals surface area contributed by atoms with Gasteiger partial charge in [0.25, 0.3) is 11.8 Å². The molecule has 1 aromatic heterocycles. The molecule has 124 valence electrons. The number of amides is 2. The van der Waals surface area contributed by atoms with Crippen molar-refractivity contribution in [2.24, 2.45) is 5.73 Å². The molecule has 0 aliphatic rings. The molecule has 23 heavy (non-hydrogen) atoms. The first kappa shape index (κ1) is 16.8. The van der Waals surface area contributed by atoms with Gasteiger partial charge >= 0.3 is 0 Å². The van der Waals surface area contributed by atoms with E-state index in [1.165, 1.54) is 44.2 Å². The van der Waals surface area contributed by atoms with Crippen LogP contribution in [0.15, 0.2) is 22.6 Å². The summed E-state index contributed by atoms with van der Waals surface area (Å²) in [5.41, 5.74) is 5.88. The highest BCUT2D eigenvalue weighted by atomic mass is 32.2. The Hall–Kier alpha value is -2.55. The van der Waals surface area contributed by atoms with Gasteiger partial charge in [-0.2, -0.15) is 0 Å². The number of sulfonamides is 1. The van der Waals surface area contributed by atoms with Crippen LogP contribution < -0.4 is 10.0 Å². The molecular weight excluding hydrogens is 322 g/mol. The molecule has 0 atom stereocenters. The molecule has 1 heterocycles. The number of benzene rings is 1. The molecule has 2 amide bonds. The van der Waals surface area contributed by atoms with Crippen molar-refractivity contribution >= 4 is 38.5 Å². The van der Waals surface area contributed by atoms with Crippen molar-refractivity contribution in [3.63, 3.8) is 0 Å². The molecule has 9 heteroatoms. The number of anilines is 1. The Balaban J connectivity index is 2.70. The summed E-state index contributed by atoms with van der Waals surface area (Å²) in [6, 6.07) is 4.45. The quantitative estimate of drug-likeness (QED) is 0.877. The Morgan fingerprint density at radius 1 is 1.17 bits per heavy atom. The second-order valence-electron chi connectivity index (χ2n) is 5.28. The molecule has 0 radical (unpaired) electrons.